The fourth-order valence-corrected chi connectivity index (χ4v) is 2.52. The van der Waals surface area contributed by atoms with Gasteiger partial charge in [0.25, 0.3) is 0 Å². The van der Waals surface area contributed by atoms with Crippen molar-refractivity contribution in [3.8, 4) is 0 Å². The van der Waals surface area contributed by atoms with E-state index in [0.29, 0.717) is 0 Å². The van der Waals surface area contributed by atoms with Gasteiger partial charge in [-0.1, -0.05) is 0 Å². The van der Waals surface area contributed by atoms with Crippen molar-refractivity contribution < 1.29 is 17.9 Å². The van der Waals surface area contributed by atoms with Gasteiger partial charge in [0.2, 0.25) is 0 Å². The summed E-state index contributed by atoms with van der Waals surface area (Å²) in [4.78, 5) is 0. The van der Waals surface area contributed by atoms with Crippen LogP contribution in [-0.4, -0.2) is 37.8 Å². The smallest absolute Gasteiger partial charge is 0.153 e. The van der Waals surface area contributed by atoms with Crippen molar-refractivity contribution in [3.05, 3.63) is 0 Å². The average molecular weight is 168 g/mol. The molecule has 10 heavy (non-hydrogen) atoms. The van der Waals surface area contributed by atoms with Crippen LogP contribution in [0.3, 0.4) is 0 Å². The van der Waals surface area contributed by atoms with Gasteiger partial charge in [-0.15, -0.1) is 0 Å². The average Bonchev–Trinajstić information content (AvgIpc) is 2.39. The van der Waals surface area contributed by atoms with E-state index in [0.717, 1.165) is 6.26 Å². The third kappa shape index (κ3) is 1.15. The summed E-state index contributed by atoms with van der Waals surface area (Å²) in [5.74, 6) is -0.671. The van der Waals surface area contributed by atoms with Gasteiger partial charge >= 0.3 is 0 Å². The molecule has 0 aromatic carbocycles. The molecule has 3 nitrogen and oxygen atoms in total. The summed E-state index contributed by atoms with van der Waals surface area (Å²) in [7, 11) is -3.28. The SMILES string of the molecule is CS(=O)(=O)[C@H]1[C@@H](F)[C@@H]1CO. The van der Waals surface area contributed by atoms with Gasteiger partial charge in [0, 0.05) is 12.2 Å². The molecule has 0 radical (unpaired) electrons. The summed E-state index contributed by atoms with van der Waals surface area (Å²) < 4.78 is 33.6. The molecule has 1 aliphatic rings. The van der Waals surface area contributed by atoms with Crippen LogP contribution in [0.4, 0.5) is 4.39 Å². The van der Waals surface area contributed by atoms with Gasteiger partial charge in [-0.05, 0) is 0 Å². The summed E-state index contributed by atoms with van der Waals surface area (Å²) >= 11 is 0. The third-order valence-corrected chi connectivity index (χ3v) is 3.31. The molecule has 0 spiro atoms. The van der Waals surface area contributed by atoms with E-state index in [1.165, 1.54) is 0 Å². The highest BCUT2D eigenvalue weighted by atomic mass is 32.2. The van der Waals surface area contributed by atoms with E-state index in [1.54, 1.807) is 0 Å². The van der Waals surface area contributed by atoms with Crippen LogP contribution >= 0.6 is 0 Å². The highest BCUT2D eigenvalue weighted by Crippen LogP contribution is 2.39. The van der Waals surface area contributed by atoms with Crippen molar-refractivity contribution >= 4 is 9.84 Å². The molecule has 1 N–H and O–H groups in total. The first-order chi connectivity index (χ1) is 4.48. The Hall–Kier alpha value is -0.160. The molecule has 1 aliphatic carbocycles. The van der Waals surface area contributed by atoms with Gasteiger partial charge in [0.05, 0.1) is 6.61 Å². The predicted molar refractivity (Wildman–Crippen MR) is 34.1 cm³/mol. The number of hydrogen-bond acceptors (Lipinski definition) is 3. The van der Waals surface area contributed by atoms with Crippen LogP contribution in [0, 0.1) is 5.92 Å². The maximum atomic E-state index is 12.4. The maximum Gasteiger partial charge on any atom is 0.153 e. The molecule has 5 heteroatoms. The van der Waals surface area contributed by atoms with Gasteiger partial charge in [0.15, 0.2) is 9.84 Å². The number of rotatable bonds is 2. The molecule has 0 aliphatic heterocycles. The van der Waals surface area contributed by atoms with Gasteiger partial charge in [-0.25, -0.2) is 12.8 Å². The Bertz CT molecular complexity index is 223. The molecule has 0 amide bonds. The molecule has 0 bridgehead atoms. The lowest BCUT2D eigenvalue weighted by molar-refractivity contribution is 0.258. The Morgan fingerprint density at radius 2 is 2.10 bits per heavy atom. The second-order valence-corrected chi connectivity index (χ2v) is 4.79. The topological polar surface area (TPSA) is 54.4 Å². The van der Waals surface area contributed by atoms with E-state index in [1.807, 2.05) is 0 Å². The molecule has 0 aromatic heterocycles. The summed E-state index contributed by atoms with van der Waals surface area (Å²) in [5, 5.41) is 7.46. The number of alkyl halides is 1. The van der Waals surface area contributed by atoms with Crippen molar-refractivity contribution in [1.29, 1.82) is 0 Å². The molecule has 3 atom stereocenters. The molecular weight excluding hydrogens is 159 g/mol. The van der Waals surface area contributed by atoms with Crippen molar-refractivity contribution in [2.45, 2.75) is 11.4 Å². The first-order valence-corrected chi connectivity index (χ1v) is 4.87. The van der Waals surface area contributed by atoms with E-state index in [9.17, 15) is 12.8 Å². The fourth-order valence-electron chi connectivity index (χ4n) is 1.06. The van der Waals surface area contributed by atoms with Crippen LogP contribution in [0.1, 0.15) is 0 Å². The van der Waals surface area contributed by atoms with Gasteiger partial charge < -0.3 is 5.11 Å². The molecular formula is C5H9FO3S. The van der Waals surface area contributed by atoms with E-state index >= 15 is 0 Å². The normalized spacial score (nSPS) is 39.7. The van der Waals surface area contributed by atoms with Crippen LogP contribution in [-0.2, 0) is 9.84 Å². The number of halogens is 1. The Kier molecular flexibility index (Phi) is 1.72. The Morgan fingerprint density at radius 3 is 2.20 bits per heavy atom. The summed E-state index contributed by atoms with van der Waals surface area (Å²) in [5.41, 5.74) is 0. The van der Waals surface area contributed by atoms with Crippen molar-refractivity contribution in [1.82, 2.24) is 0 Å². The minimum atomic E-state index is -3.28. The molecule has 0 saturated heterocycles. The van der Waals surface area contributed by atoms with Crippen molar-refractivity contribution in [3.63, 3.8) is 0 Å². The van der Waals surface area contributed by atoms with Crippen LogP contribution < -0.4 is 0 Å². The first kappa shape index (κ1) is 7.94. The third-order valence-electron chi connectivity index (χ3n) is 1.71. The zero-order valence-corrected chi connectivity index (χ0v) is 6.31. The fraction of sp³-hybridized carbons (Fsp3) is 1.00. The van der Waals surface area contributed by atoms with Gasteiger partial charge in [0.1, 0.15) is 11.4 Å². The first-order valence-electron chi connectivity index (χ1n) is 2.92. The highest BCUT2D eigenvalue weighted by Gasteiger charge is 2.57. The lowest BCUT2D eigenvalue weighted by Gasteiger charge is -1.89. The Labute approximate surface area is 58.8 Å². The van der Waals surface area contributed by atoms with Crippen LogP contribution in [0.15, 0.2) is 0 Å². The lowest BCUT2D eigenvalue weighted by Crippen LogP contribution is -2.08. The van der Waals surface area contributed by atoms with Crippen LogP contribution in [0.2, 0.25) is 0 Å². The molecule has 60 valence electrons. The second-order valence-electron chi connectivity index (χ2n) is 2.58. The van der Waals surface area contributed by atoms with Crippen molar-refractivity contribution in [2.24, 2.45) is 5.92 Å². The Morgan fingerprint density at radius 1 is 1.60 bits per heavy atom. The Balaban J connectivity index is 2.66. The highest BCUT2D eigenvalue weighted by molar-refractivity contribution is 7.91. The van der Waals surface area contributed by atoms with E-state index in [2.05, 4.69) is 0 Å². The number of sulfone groups is 1. The number of aliphatic hydroxyl groups excluding tert-OH is 1. The quantitative estimate of drug-likeness (QED) is 0.596. The van der Waals surface area contributed by atoms with Gasteiger partial charge in [-0.3, -0.25) is 0 Å². The molecule has 1 saturated carbocycles. The summed E-state index contributed by atoms with van der Waals surface area (Å²) in [6.45, 7) is -0.376. The van der Waals surface area contributed by atoms with Gasteiger partial charge in [-0.2, -0.15) is 0 Å². The monoisotopic (exact) mass is 168 g/mol. The van der Waals surface area contributed by atoms with E-state index < -0.39 is 27.2 Å². The minimum absolute atomic E-state index is 0.376. The number of aliphatic hydroxyl groups is 1. The van der Waals surface area contributed by atoms with E-state index in [-0.39, 0.29) is 6.61 Å². The zero-order valence-electron chi connectivity index (χ0n) is 5.49. The second kappa shape index (κ2) is 2.17. The summed E-state index contributed by atoms with van der Waals surface area (Å²) in [6.07, 6.45) is -0.361. The maximum absolute atomic E-state index is 12.4. The van der Waals surface area contributed by atoms with Crippen LogP contribution in [0.25, 0.3) is 0 Å². The summed E-state index contributed by atoms with van der Waals surface area (Å²) in [6, 6.07) is 0. The molecule has 1 rings (SSSR count). The lowest BCUT2D eigenvalue weighted by atomic mass is 10.5. The molecule has 1 fully saturated rings. The molecule has 0 heterocycles. The number of hydrogen-bond donors (Lipinski definition) is 1. The van der Waals surface area contributed by atoms with Crippen molar-refractivity contribution in [2.75, 3.05) is 12.9 Å². The molecule has 0 aromatic rings. The predicted octanol–water partition coefficient (Wildman–Crippen LogP) is -0.640. The zero-order chi connectivity index (χ0) is 7.94. The van der Waals surface area contributed by atoms with E-state index in [4.69, 9.17) is 5.11 Å². The van der Waals surface area contributed by atoms with Crippen LogP contribution in [0.5, 0.6) is 0 Å². The molecule has 0 unspecified atom stereocenters. The largest absolute Gasteiger partial charge is 0.396 e. The minimum Gasteiger partial charge on any atom is -0.396 e. The standard InChI is InChI=1S/C5H9FO3S/c1-10(8,9)5-3(2-7)4(5)6/h3-5,7H,2H2,1H3/t3-,4-,5+/m0/s1.